The molecule has 0 saturated carbocycles. The number of nitriles is 1. The predicted molar refractivity (Wildman–Crippen MR) is 97.0 cm³/mol. The lowest BCUT2D eigenvalue weighted by atomic mass is 10.1. The van der Waals surface area contributed by atoms with Gasteiger partial charge in [0.15, 0.2) is 0 Å². The molecule has 0 bridgehead atoms. The molecule has 1 aromatic heterocycles. The second-order valence-corrected chi connectivity index (χ2v) is 6.15. The highest BCUT2D eigenvalue weighted by molar-refractivity contribution is 7.98. The number of rotatable bonds is 4. The summed E-state index contributed by atoms with van der Waals surface area (Å²) < 4.78 is 0. The normalized spacial score (nSPS) is 10.5. The molecule has 2 aromatic carbocycles. The molecule has 0 aliphatic rings. The molecule has 114 valence electrons. The molecule has 1 N–H and O–H groups in total. The largest absolute Gasteiger partial charge is 0.379 e. The molecule has 0 unspecified atom stereocenters. The van der Waals surface area contributed by atoms with E-state index in [2.05, 4.69) is 16.4 Å². The van der Waals surface area contributed by atoms with Gasteiger partial charge in [-0.3, -0.25) is 0 Å². The first kappa shape index (κ1) is 15.7. The summed E-state index contributed by atoms with van der Waals surface area (Å²) in [4.78, 5) is 4.57. The van der Waals surface area contributed by atoms with E-state index >= 15 is 0 Å². The molecule has 0 saturated heterocycles. The number of aromatic nitrogens is 1. The van der Waals surface area contributed by atoms with Crippen molar-refractivity contribution in [3.8, 4) is 6.07 Å². The third-order valence-corrected chi connectivity index (χ3v) is 4.63. The van der Waals surface area contributed by atoms with Crippen molar-refractivity contribution in [3.63, 3.8) is 0 Å². The van der Waals surface area contributed by atoms with Crippen molar-refractivity contribution >= 4 is 40.0 Å². The molecule has 3 aromatic rings. The van der Waals surface area contributed by atoms with E-state index in [1.165, 1.54) is 11.8 Å². The summed E-state index contributed by atoms with van der Waals surface area (Å²) in [7, 11) is 0. The highest BCUT2D eigenvalue weighted by Gasteiger charge is 2.14. The molecule has 0 atom stereocenters. The maximum Gasteiger partial charge on any atom is 0.116 e. The van der Waals surface area contributed by atoms with E-state index in [4.69, 9.17) is 11.6 Å². The average molecular weight is 340 g/mol. The van der Waals surface area contributed by atoms with E-state index < -0.39 is 0 Å². The standard InChI is InChI=1S/C18H14ClN3S/c1-23-18-14(10-20)17(13-7-3-5-9-16(13)22-18)21-11-12-6-2-4-8-15(12)19/h2-9H,11H2,1H3,(H,21,22). The van der Waals surface area contributed by atoms with E-state index in [1.54, 1.807) is 0 Å². The molecule has 0 radical (unpaired) electrons. The van der Waals surface area contributed by atoms with Crippen LogP contribution in [0.1, 0.15) is 11.1 Å². The van der Waals surface area contributed by atoms with E-state index in [-0.39, 0.29) is 0 Å². The minimum absolute atomic E-state index is 0.552. The van der Waals surface area contributed by atoms with Crippen LogP contribution in [0.5, 0.6) is 0 Å². The number of halogens is 1. The summed E-state index contributed by atoms with van der Waals surface area (Å²) in [5.74, 6) is 0. The van der Waals surface area contributed by atoms with Crippen molar-refractivity contribution in [1.29, 1.82) is 5.26 Å². The maximum atomic E-state index is 9.57. The summed E-state index contributed by atoms with van der Waals surface area (Å²) in [6.07, 6.45) is 1.93. The van der Waals surface area contributed by atoms with Crippen LogP contribution >= 0.6 is 23.4 Å². The minimum Gasteiger partial charge on any atom is -0.379 e. The van der Waals surface area contributed by atoms with Gasteiger partial charge >= 0.3 is 0 Å². The SMILES string of the molecule is CSc1nc2ccccc2c(NCc2ccccc2Cl)c1C#N. The Balaban J connectivity index is 2.08. The second kappa shape index (κ2) is 6.91. The number of anilines is 1. The third kappa shape index (κ3) is 3.12. The van der Waals surface area contributed by atoms with Gasteiger partial charge in [0, 0.05) is 17.0 Å². The fourth-order valence-electron chi connectivity index (χ4n) is 2.45. The first-order valence-electron chi connectivity index (χ1n) is 7.08. The van der Waals surface area contributed by atoms with Gasteiger partial charge in [-0.1, -0.05) is 48.0 Å². The van der Waals surface area contributed by atoms with Crippen LogP contribution in [0.25, 0.3) is 10.9 Å². The fourth-order valence-corrected chi connectivity index (χ4v) is 3.19. The van der Waals surface area contributed by atoms with Crippen molar-refractivity contribution in [2.75, 3.05) is 11.6 Å². The van der Waals surface area contributed by atoms with Crippen LogP contribution < -0.4 is 5.32 Å². The van der Waals surface area contributed by atoms with Gasteiger partial charge in [0.05, 0.1) is 11.2 Å². The van der Waals surface area contributed by atoms with Crippen LogP contribution in [0, 0.1) is 11.3 Å². The van der Waals surface area contributed by atoms with E-state index in [9.17, 15) is 5.26 Å². The summed E-state index contributed by atoms with van der Waals surface area (Å²) in [6.45, 7) is 0.552. The Bertz CT molecular complexity index is 902. The van der Waals surface area contributed by atoms with Gasteiger partial charge in [-0.15, -0.1) is 11.8 Å². The lowest BCUT2D eigenvalue weighted by Gasteiger charge is -2.14. The summed E-state index contributed by atoms with van der Waals surface area (Å²) >= 11 is 7.69. The van der Waals surface area contributed by atoms with Gasteiger partial charge < -0.3 is 5.32 Å². The summed E-state index contributed by atoms with van der Waals surface area (Å²) in [6, 6.07) is 17.8. The number of hydrogen-bond donors (Lipinski definition) is 1. The highest BCUT2D eigenvalue weighted by atomic mass is 35.5. The van der Waals surface area contributed by atoms with Crippen LogP contribution in [0.2, 0.25) is 5.02 Å². The lowest BCUT2D eigenvalue weighted by Crippen LogP contribution is -2.04. The molecule has 0 spiro atoms. The molecule has 1 heterocycles. The molecule has 0 fully saturated rings. The molecule has 3 nitrogen and oxygen atoms in total. The Labute approximate surface area is 144 Å². The van der Waals surface area contributed by atoms with Gasteiger partial charge in [0.2, 0.25) is 0 Å². The number of para-hydroxylation sites is 1. The lowest BCUT2D eigenvalue weighted by molar-refractivity contribution is 1.11. The first-order chi connectivity index (χ1) is 11.2. The van der Waals surface area contributed by atoms with Crippen molar-refractivity contribution in [1.82, 2.24) is 4.98 Å². The van der Waals surface area contributed by atoms with E-state index in [1.807, 2.05) is 54.8 Å². The molecule has 0 amide bonds. The first-order valence-corrected chi connectivity index (χ1v) is 8.69. The molecule has 0 aliphatic heterocycles. The van der Waals surface area contributed by atoms with Crippen LogP contribution in [-0.2, 0) is 6.54 Å². The Morgan fingerprint density at radius 1 is 1.17 bits per heavy atom. The number of pyridine rings is 1. The van der Waals surface area contributed by atoms with Crippen molar-refractivity contribution in [3.05, 3.63) is 64.7 Å². The fraction of sp³-hybridized carbons (Fsp3) is 0.111. The number of hydrogen-bond acceptors (Lipinski definition) is 4. The molecule has 5 heteroatoms. The Hall–Kier alpha value is -2.22. The zero-order valence-corrected chi connectivity index (χ0v) is 14.1. The predicted octanol–water partition coefficient (Wildman–Crippen LogP) is 5.09. The third-order valence-electron chi connectivity index (χ3n) is 3.58. The Morgan fingerprint density at radius 3 is 2.65 bits per heavy atom. The number of nitrogens with zero attached hydrogens (tertiary/aromatic N) is 2. The molecule has 3 rings (SSSR count). The van der Waals surface area contributed by atoms with Gasteiger partial charge in [-0.2, -0.15) is 5.26 Å². The highest BCUT2D eigenvalue weighted by Crippen LogP contribution is 2.32. The monoisotopic (exact) mass is 339 g/mol. The Kier molecular flexibility index (Phi) is 4.71. The van der Waals surface area contributed by atoms with Crippen LogP contribution in [0.4, 0.5) is 5.69 Å². The molecular weight excluding hydrogens is 326 g/mol. The number of fused-ring (bicyclic) bond motifs is 1. The maximum absolute atomic E-state index is 9.57. The summed E-state index contributed by atoms with van der Waals surface area (Å²) in [5, 5.41) is 15.3. The van der Waals surface area contributed by atoms with Gasteiger partial charge in [-0.25, -0.2) is 4.98 Å². The molecular formula is C18H14ClN3S. The van der Waals surface area contributed by atoms with Crippen LogP contribution in [-0.4, -0.2) is 11.2 Å². The van der Waals surface area contributed by atoms with Gasteiger partial charge in [0.1, 0.15) is 16.7 Å². The molecule has 0 aliphatic carbocycles. The number of nitrogens with one attached hydrogen (secondary N) is 1. The average Bonchev–Trinajstić information content (AvgIpc) is 2.59. The van der Waals surface area contributed by atoms with Crippen LogP contribution in [0.3, 0.4) is 0 Å². The quantitative estimate of drug-likeness (QED) is 0.672. The van der Waals surface area contributed by atoms with E-state index in [0.29, 0.717) is 17.1 Å². The Morgan fingerprint density at radius 2 is 1.91 bits per heavy atom. The number of benzene rings is 2. The summed E-state index contributed by atoms with van der Waals surface area (Å²) in [5.41, 5.74) is 3.24. The smallest absolute Gasteiger partial charge is 0.116 e. The van der Waals surface area contributed by atoms with Crippen molar-refractivity contribution < 1.29 is 0 Å². The van der Waals surface area contributed by atoms with Crippen molar-refractivity contribution in [2.24, 2.45) is 0 Å². The zero-order valence-electron chi connectivity index (χ0n) is 12.5. The van der Waals surface area contributed by atoms with Gasteiger partial charge in [-0.05, 0) is 24.0 Å². The van der Waals surface area contributed by atoms with E-state index in [0.717, 1.165) is 27.2 Å². The topological polar surface area (TPSA) is 48.7 Å². The molecule has 23 heavy (non-hydrogen) atoms. The second-order valence-electron chi connectivity index (χ2n) is 4.94. The van der Waals surface area contributed by atoms with Crippen molar-refractivity contribution in [2.45, 2.75) is 11.6 Å². The number of thioether (sulfide) groups is 1. The van der Waals surface area contributed by atoms with Crippen LogP contribution in [0.15, 0.2) is 53.6 Å². The zero-order chi connectivity index (χ0) is 16.2. The van der Waals surface area contributed by atoms with Gasteiger partial charge in [0.25, 0.3) is 0 Å². The minimum atomic E-state index is 0.552.